The van der Waals surface area contributed by atoms with Crippen LogP contribution in [0.3, 0.4) is 0 Å². The molecule has 4 rings (SSSR count). The summed E-state index contributed by atoms with van der Waals surface area (Å²) in [6, 6.07) is 15.7. The molecule has 2 aromatic rings. The number of sulfone groups is 1. The first-order valence-electron chi connectivity index (χ1n) is 10.2. The molecule has 2 aliphatic rings. The lowest BCUT2D eigenvalue weighted by molar-refractivity contribution is -0.117. The number of benzene rings is 2. The summed E-state index contributed by atoms with van der Waals surface area (Å²) in [5.74, 6) is 0.292. The summed E-state index contributed by atoms with van der Waals surface area (Å²) in [6.45, 7) is 6.24. The van der Waals surface area contributed by atoms with Crippen LogP contribution in [0.1, 0.15) is 36.5 Å². The van der Waals surface area contributed by atoms with Crippen molar-refractivity contribution >= 4 is 38.4 Å². The number of carbonyl (C=O) groups is 1. The second kappa shape index (κ2) is 8.19. The molecule has 2 saturated heterocycles. The van der Waals surface area contributed by atoms with Crippen molar-refractivity contribution in [3.63, 3.8) is 0 Å². The first-order chi connectivity index (χ1) is 14.2. The molecule has 0 radical (unpaired) electrons. The summed E-state index contributed by atoms with van der Waals surface area (Å²) in [7, 11) is -3.09. The number of rotatable bonds is 4. The summed E-state index contributed by atoms with van der Waals surface area (Å²) < 4.78 is 24.6. The summed E-state index contributed by atoms with van der Waals surface area (Å²) in [4.78, 5) is 19.2. The van der Waals surface area contributed by atoms with Gasteiger partial charge in [0.05, 0.1) is 24.0 Å². The summed E-state index contributed by atoms with van der Waals surface area (Å²) in [6.07, 6.45) is 0.234. The molecular formula is C23H26N2O3S2. The topological polar surface area (TPSA) is 66.8 Å². The third-order valence-corrected chi connectivity index (χ3v) is 8.79. The molecule has 0 spiro atoms. The Bertz CT molecular complexity index is 1090. The maximum atomic E-state index is 12.8. The molecule has 7 heteroatoms. The van der Waals surface area contributed by atoms with Crippen molar-refractivity contribution in [1.82, 2.24) is 0 Å². The second-order valence-electron chi connectivity index (χ2n) is 8.33. The standard InChI is InChI=1S/C23H26N2O3S2/c1-15(2)18-6-4-5-7-19(18)25-20-13-30(27,28)14-21(20)29-23(25)24-22(26)12-17-10-8-16(3)9-11-17/h4-11,15,20-21H,12-14H2,1-3H3/t20-,21-/m1/s1. The van der Waals surface area contributed by atoms with Gasteiger partial charge in [0.15, 0.2) is 15.0 Å². The van der Waals surface area contributed by atoms with Crippen LogP contribution >= 0.6 is 11.8 Å². The highest BCUT2D eigenvalue weighted by molar-refractivity contribution is 8.16. The minimum atomic E-state index is -3.09. The van der Waals surface area contributed by atoms with Gasteiger partial charge in [-0.2, -0.15) is 4.99 Å². The fourth-order valence-corrected chi connectivity index (χ4v) is 7.99. The predicted molar refractivity (Wildman–Crippen MR) is 124 cm³/mol. The number of amidine groups is 1. The Morgan fingerprint density at radius 1 is 1.13 bits per heavy atom. The van der Waals surface area contributed by atoms with Crippen LogP contribution in [0.25, 0.3) is 0 Å². The number of hydrogen-bond acceptors (Lipinski definition) is 4. The molecule has 5 nitrogen and oxygen atoms in total. The molecule has 30 heavy (non-hydrogen) atoms. The number of thioether (sulfide) groups is 1. The zero-order valence-corrected chi connectivity index (χ0v) is 19.0. The summed E-state index contributed by atoms with van der Waals surface area (Å²) in [5, 5.41) is 0.520. The lowest BCUT2D eigenvalue weighted by Crippen LogP contribution is -2.38. The van der Waals surface area contributed by atoms with Crippen LogP contribution < -0.4 is 4.90 Å². The highest BCUT2D eigenvalue weighted by atomic mass is 32.2. The van der Waals surface area contributed by atoms with E-state index >= 15 is 0 Å². The van der Waals surface area contributed by atoms with Crippen molar-refractivity contribution in [2.75, 3.05) is 16.4 Å². The molecule has 2 fully saturated rings. The number of carbonyl (C=O) groups excluding carboxylic acids is 1. The Labute approximate surface area is 182 Å². The van der Waals surface area contributed by atoms with Gasteiger partial charge in [0.1, 0.15) is 0 Å². The van der Waals surface area contributed by atoms with Gasteiger partial charge in [-0.1, -0.05) is 73.6 Å². The molecular weight excluding hydrogens is 416 g/mol. The summed E-state index contributed by atoms with van der Waals surface area (Å²) in [5.41, 5.74) is 4.15. The van der Waals surface area contributed by atoms with Gasteiger partial charge in [-0.05, 0) is 30.0 Å². The lowest BCUT2D eigenvalue weighted by Gasteiger charge is -2.28. The second-order valence-corrected chi connectivity index (χ2v) is 11.7. The number of nitrogens with zero attached hydrogens (tertiary/aromatic N) is 2. The molecule has 158 valence electrons. The van der Waals surface area contributed by atoms with E-state index in [1.54, 1.807) is 0 Å². The zero-order valence-electron chi connectivity index (χ0n) is 17.4. The first-order valence-corrected chi connectivity index (χ1v) is 12.9. The largest absolute Gasteiger partial charge is 0.315 e. The van der Waals surface area contributed by atoms with Gasteiger partial charge in [0, 0.05) is 10.9 Å². The smallest absolute Gasteiger partial charge is 0.252 e. The number of para-hydroxylation sites is 1. The van der Waals surface area contributed by atoms with E-state index < -0.39 is 9.84 Å². The van der Waals surface area contributed by atoms with E-state index in [1.165, 1.54) is 11.8 Å². The van der Waals surface area contributed by atoms with Crippen molar-refractivity contribution in [3.8, 4) is 0 Å². The highest BCUT2D eigenvalue weighted by Crippen LogP contribution is 2.43. The molecule has 0 aromatic heterocycles. The molecule has 1 amide bonds. The van der Waals surface area contributed by atoms with Crippen LogP contribution in [0.15, 0.2) is 53.5 Å². The van der Waals surface area contributed by atoms with Crippen LogP contribution in [0.2, 0.25) is 0 Å². The molecule has 2 atom stereocenters. The lowest BCUT2D eigenvalue weighted by atomic mass is 9.99. The van der Waals surface area contributed by atoms with Crippen molar-refractivity contribution < 1.29 is 13.2 Å². The fraction of sp³-hybridized carbons (Fsp3) is 0.391. The van der Waals surface area contributed by atoms with Crippen LogP contribution in [0.4, 0.5) is 5.69 Å². The van der Waals surface area contributed by atoms with E-state index in [2.05, 4.69) is 24.9 Å². The van der Waals surface area contributed by atoms with Crippen LogP contribution in [0.5, 0.6) is 0 Å². The van der Waals surface area contributed by atoms with Gasteiger partial charge < -0.3 is 4.90 Å². The minimum absolute atomic E-state index is 0.0962. The van der Waals surface area contributed by atoms with Crippen molar-refractivity contribution in [3.05, 3.63) is 65.2 Å². The van der Waals surface area contributed by atoms with E-state index in [-0.39, 0.29) is 41.0 Å². The number of hydrogen-bond donors (Lipinski definition) is 0. The van der Waals surface area contributed by atoms with E-state index in [0.29, 0.717) is 5.17 Å². The SMILES string of the molecule is Cc1ccc(CC(=O)N=C2S[C@@H]3CS(=O)(=O)C[C@H]3N2c2ccccc2C(C)C)cc1. The number of aliphatic imine (C=N–C) groups is 1. The monoisotopic (exact) mass is 442 g/mol. The molecule has 0 saturated carbocycles. The van der Waals surface area contributed by atoms with E-state index in [9.17, 15) is 13.2 Å². The number of anilines is 1. The normalized spacial score (nSPS) is 23.9. The molecule has 0 aliphatic carbocycles. The quantitative estimate of drug-likeness (QED) is 0.717. The molecule has 2 aromatic carbocycles. The molecule has 2 aliphatic heterocycles. The van der Waals surface area contributed by atoms with Crippen molar-refractivity contribution in [2.24, 2.45) is 4.99 Å². The van der Waals surface area contributed by atoms with E-state index in [0.717, 1.165) is 22.4 Å². The molecule has 0 unspecified atom stereocenters. The van der Waals surface area contributed by atoms with Gasteiger partial charge in [0.25, 0.3) is 5.91 Å². The van der Waals surface area contributed by atoms with Gasteiger partial charge >= 0.3 is 0 Å². The molecule has 0 N–H and O–H groups in total. The Balaban J connectivity index is 1.69. The molecule has 0 bridgehead atoms. The maximum Gasteiger partial charge on any atom is 0.252 e. The van der Waals surface area contributed by atoms with Crippen LogP contribution in [-0.2, 0) is 21.1 Å². The number of fused-ring (bicyclic) bond motifs is 1. The van der Waals surface area contributed by atoms with Crippen LogP contribution in [0, 0.1) is 6.92 Å². The Kier molecular flexibility index (Phi) is 5.77. The van der Waals surface area contributed by atoms with E-state index in [4.69, 9.17) is 0 Å². The number of aryl methyl sites for hydroxylation is 1. The Morgan fingerprint density at radius 3 is 2.53 bits per heavy atom. The van der Waals surface area contributed by atoms with E-state index in [1.807, 2.05) is 54.3 Å². The minimum Gasteiger partial charge on any atom is -0.315 e. The Hall–Kier alpha value is -2.12. The zero-order chi connectivity index (χ0) is 21.5. The average molecular weight is 443 g/mol. The number of amides is 1. The third kappa shape index (κ3) is 4.32. The first kappa shape index (κ1) is 21.1. The van der Waals surface area contributed by atoms with Gasteiger partial charge in [-0.15, -0.1) is 0 Å². The van der Waals surface area contributed by atoms with Crippen LogP contribution in [-0.4, -0.2) is 42.3 Å². The Morgan fingerprint density at radius 2 is 1.83 bits per heavy atom. The van der Waals surface area contributed by atoms with Crippen molar-refractivity contribution in [1.29, 1.82) is 0 Å². The van der Waals surface area contributed by atoms with Gasteiger partial charge in [0.2, 0.25) is 0 Å². The maximum absolute atomic E-state index is 12.8. The molecule has 2 heterocycles. The fourth-order valence-electron chi connectivity index (χ4n) is 4.07. The third-order valence-electron chi connectivity index (χ3n) is 5.58. The van der Waals surface area contributed by atoms with Crippen molar-refractivity contribution in [2.45, 2.75) is 44.4 Å². The van der Waals surface area contributed by atoms with Gasteiger partial charge in [-0.25, -0.2) is 8.42 Å². The van der Waals surface area contributed by atoms with Gasteiger partial charge in [-0.3, -0.25) is 4.79 Å². The highest BCUT2D eigenvalue weighted by Gasteiger charge is 2.49. The average Bonchev–Trinajstić information content (AvgIpc) is 3.14. The summed E-state index contributed by atoms with van der Waals surface area (Å²) >= 11 is 1.42. The predicted octanol–water partition coefficient (Wildman–Crippen LogP) is 3.96.